The minimum atomic E-state index is 0.0146. The van der Waals surface area contributed by atoms with E-state index in [1.807, 2.05) is 22.9 Å². The largest absolute Gasteiger partial charge is 0.396 e. The molecule has 7 heteroatoms. The highest BCUT2D eigenvalue weighted by molar-refractivity contribution is 7.99. The van der Waals surface area contributed by atoms with Gasteiger partial charge in [-0.15, -0.1) is 22.7 Å². The van der Waals surface area contributed by atoms with Gasteiger partial charge in [-0.1, -0.05) is 6.07 Å². The number of aromatic nitrogens is 1. The van der Waals surface area contributed by atoms with E-state index in [1.165, 1.54) is 0 Å². The van der Waals surface area contributed by atoms with Gasteiger partial charge in [0.25, 0.3) is 0 Å². The van der Waals surface area contributed by atoms with Gasteiger partial charge in [0.1, 0.15) is 5.01 Å². The summed E-state index contributed by atoms with van der Waals surface area (Å²) in [5.41, 5.74) is 0.828. The summed E-state index contributed by atoms with van der Waals surface area (Å²) in [6, 6.07) is 4.04. The topological polar surface area (TPSA) is 62.2 Å². The molecular weight excluding hydrogens is 324 g/mol. The fourth-order valence-corrected chi connectivity index (χ4v) is 4.08. The van der Waals surface area contributed by atoms with Crippen LogP contribution >= 0.6 is 34.4 Å². The Labute approximate surface area is 136 Å². The highest BCUT2D eigenvalue weighted by atomic mass is 32.2. The predicted molar refractivity (Wildman–Crippen MR) is 91.2 cm³/mol. The van der Waals surface area contributed by atoms with Gasteiger partial charge in [0.15, 0.2) is 0 Å². The number of hydrogen-bond donors (Lipinski definition) is 2. The van der Waals surface area contributed by atoms with Crippen molar-refractivity contribution >= 4 is 40.3 Å². The van der Waals surface area contributed by atoms with Gasteiger partial charge < -0.3 is 10.4 Å². The van der Waals surface area contributed by atoms with Crippen molar-refractivity contribution in [1.82, 2.24) is 10.3 Å². The second kappa shape index (κ2) is 9.19. The number of thiazole rings is 1. The number of rotatable bonds is 9. The van der Waals surface area contributed by atoms with Crippen molar-refractivity contribution in [2.24, 2.45) is 0 Å². The first-order chi connectivity index (χ1) is 10.3. The Morgan fingerprint density at radius 1 is 1.38 bits per heavy atom. The maximum atomic E-state index is 11.8. The van der Waals surface area contributed by atoms with Crippen LogP contribution in [-0.2, 0) is 11.2 Å². The van der Waals surface area contributed by atoms with Crippen LogP contribution < -0.4 is 5.32 Å². The van der Waals surface area contributed by atoms with E-state index in [2.05, 4.69) is 10.3 Å². The van der Waals surface area contributed by atoms with Gasteiger partial charge in [0.05, 0.1) is 17.0 Å². The number of amides is 1. The van der Waals surface area contributed by atoms with Gasteiger partial charge in [0, 0.05) is 24.3 Å². The zero-order valence-corrected chi connectivity index (χ0v) is 14.0. The van der Waals surface area contributed by atoms with Gasteiger partial charge >= 0.3 is 0 Å². The Morgan fingerprint density at radius 3 is 3.05 bits per heavy atom. The number of aliphatic hydroxyl groups is 1. The van der Waals surface area contributed by atoms with Crippen LogP contribution in [0.3, 0.4) is 0 Å². The molecule has 0 aliphatic heterocycles. The number of carbonyl (C=O) groups excluding carboxylic acids is 1. The van der Waals surface area contributed by atoms with Crippen LogP contribution in [0.1, 0.15) is 12.1 Å². The van der Waals surface area contributed by atoms with Crippen LogP contribution in [-0.4, -0.2) is 40.7 Å². The van der Waals surface area contributed by atoms with Gasteiger partial charge in [-0.2, -0.15) is 11.8 Å². The van der Waals surface area contributed by atoms with Crippen LogP contribution in [0.15, 0.2) is 22.9 Å². The van der Waals surface area contributed by atoms with Crippen molar-refractivity contribution < 1.29 is 9.90 Å². The first-order valence-corrected chi connectivity index (χ1v) is 9.64. The van der Waals surface area contributed by atoms with Gasteiger partial charge in [0.2, 0.25) is 5.91 Å². The van der Waals surface area contributed by atoms with E-state index in [4.69, 9.17) is 5.11 Å². The average molecular weight is 343 g/mol. The van der Waals surface area contributed by atoms with Gasteiger partial charge in [-0.25, -0.2) is 4.98 Å². The number of hydrogen-bond acceptors (Lipinski definition) is 6. The lowest BCUT2D eigenvalue weighted by molar-refractivity contribution is -0.120. The minimum absolute atomic E-state index is 0.0146. The molecule has 1 amide bonds. The molecule has 0 spiro atoms. The summed E-state index contributed by atoms with van der Waals surface area (Å²) in [6.45, 7) is 0.895. The molecule has 2 rings (SSSR count). The van der Waals surface area contributed by atoms with E-state index in [0.29, 0.717) is 13.0 Å². The number of thiophene rings is 1. The van der Waals surface area contributed by atoms with E-state index >= 15 is 0 Å². The zero-order chi connectivity index (χ0) is 14.9. The third-order valence-electron chi connectivity index (χ3n) is 2.64. The van der Waals surface area contributed by atoms with Crippen LogP contribution in [0.4, 0.5) is 0 Å². The highest BCUT2D eigenvalue weighted by Crippen LogP contribution is 2.27. The van der Waals surface area contributed by atoms with Crippen molar-refractivity contribution in [2.75, 3.05) is 24.7 Å². The summed E-state index contributed by atoms with van der Waals surface area (Å²) >= 11 is 4.98. The fraction of sp³-hybridized carbons (Fsp3) is 0.429. The number of nitrogens with zero attached hydrogens (tertiary/aromatic N) is 1. The van der Waals surface area contributed by atoms with E-state index in [1.54, 1.807) is 34.4 Å². The summed E-state index contributed by atoms with van der Waals surface area (Å²) in [6.07, 6.45) is 1.14. The van der Waals surface area contributed by atoms with E-state index < -0.39 is 0 Å². The summed E-state index contributed by atoms with van der Waals surface area (Å²) in [4.78, 5) is 17.4. The Hall–Kier alpha value is -0.890. The van der Waals surface area contributed by atoms with Crippen LogP contribution in [0.25, 0.3) is 9.88 Å². The van der Waals surface area contributed by atoms with Gasteiger partial charge in [-0.05, 0) is 23.6 Å². The Morgan fingerprint density at radius 2 is 2.29 bits per heavy atom. The Bertz CT molecular complexity index is 540. The number of carbonyl (C=O) groups is 1. The summed E-state index contributed by atoms with van der Waals surface area (Å²) < 4.78 is 0. The molecule has 0 atom stereocenters. The SMILES string of the molecule is O=C(Cc1csc(-c2cccs2)n1)NCCSCCCO. The van der Waals surface area contributed by atoms with E-state index in [-0.39, 0.29) is 12.5 Å². The van der Waals surface area contributed by atoms with Crippen LogP contribution in [0, 0.1) is 0 Å². The molecule has 0 aromatic carbocycles. The number of thioether (sulfide) groups is 1. The molecule has 0 radical (unpaired) electrons. The average Bonchev–Trinajstić information content (AvgIpc) is 3.13. The molecule has 2 heterocycles. The lowest BCUT2D eigenvalue weighted by atomic mass is 10.3. The summed E-state index contributed by atoms with van der Waals surface area (Å²) in [5.74, 6) is 1.83. The molecule has 0 saturated carbocycles. The standard InChI is InChI=1S/C14H18N2O2S3/c17-5-2-6-19-8-4-15-13(18)9-11-10-21-14(16-11)12-3-1-7-20-12/h1,3,7,10,17H,2,4-6,8-9H2,(H,15,18). The number of aliphatic hydroxyl groups excluding tert-OH is 1. The quantitative estimate of drug-likeness (QED) is 0.688. The smallest absolute Gasteiger partial charge is 0.226 e. The van der Waals surface area contributed by atoms with E-state index in [9.17, 15) is 4.79 Å². The Balaban J connectivity index is 1.68. The molecule has 114 valence electrons. The summed E-state index contributed by atoms with van der Waals surface area (Å²) in [5, 5.41) is 16.5. The fourth-order valence-electron chi connectivity index (χ4n) is 1.66. The first kappa shape index (κ1) is 16.5. The Kier molecular flexibility index (Phi) is 7.21. The second-order valence-corrected chi connectivity index (χ2v) is 7.37. The van der Waals surface area contributed by atoms with Gasteiger partial charge in [-0.3, -0.25) is 4.79 Å². The molecule has 2 aromatic rings. The molecule has 21 heavy (non-hydrogen) atoms. The maximum Gasteiger partial charge on any atom is 0.226 e. The van der Waals surface area contributed by atoms with Crippen molar-refractivity contribution in [3.8, 4) is 9.88 Å². The second-order valence-electron chi connectivity index (χ2n) is 4.34. The molecule has 0 bridgehead atoms. The monoisotopic (exact) mass is 342 g/mol. The molecule has 0 saturated heterocycles. The summed E-state index contributed by atoms with van der Waals surface area (Å²) in [7, 11) is 0. The van der Waals surface area contributed by atoms with Crippen molar-refractivity contribution in [1.29, 1.82) is 0 Å². The first-order valence-electron chi connectivity index (χ1n) is 6.73. The predicted octanol–water partition coefficient (Wildman–Crippen LogP) is 2.65. The van der Waals surface area contributed by atoms with Crippen LogP contribution in [0.5, 0.6) is 0 Å². The van der Waals surface area contributed by atoms with E-state index in [0.717, 1.165) is 33.5 Å². The third kappa shape index (κ3) is 5.78. The normalized spacial score (nSPS) is 10.7. The molecular formula is C14H18N2O2S3. The molecule has 2 N–H and O–H groups in total. The van der Waals surface area contributed by atoms with Crippen molar-refractivity contribution in [3.05, 3.63) is 28.6 Å². The number of nitrogens with one attached hydrogen (secondary N) is 1. The molecule has 0 unspecified atom stereocenters. The van der Waals surface area contributed by atoms with Crippen molar-refractivity contribution in [2.45, 2.75) is 12.8 Å². The lowest BCUT2D eigenvalue weighted by Gasteiger charge is -2.03. The maximum absolute atomic E-state index is 11.8. The van der Waals surface area contributed by atoms with Crippen molar-refractivity contribution in [3.63, 3.8) is 0 Å². The lowest BCUT2D eigenvalue weighted by Crippen LogP contribution is -2.27. The molecule has 2 aromatic heterocycles. The van der Waals surface area contributed by atoms with Crippen LogP contribution in [0.2, 0.25) is 0 Å². The molecule has 0 aliphatic carbocycles. The molecule has 4 nitrogen and oxygen atoms in total. The molecule has 0 fully saturated rings. The highest BCUT2D eigenvalue weighted by Gasteiger charge is 2.09. The third-order valence-corrected chi connectivity index (χ3v) is 5.64. The molecule has 0 aliphatic rings. The zero-order valence-electron chi connectivity index (χ0n) is 11.6. The minimum Gasteiger partial charge on any atom is -0.396 e.